The first-order valence-electron chi connectivity index (χ1n) is 9.98. The van der Waals surface area contributed by atoms with Gasteiger partial charge in [0.1, 0.15) is 0 Å². The van der Waals surface area contributed by atoms with Gasteiger partial charge in [0.2, 0.25) is 5.91 Å². The monoisotopic (exact) mass is 422 g/mol. The first-order valence-corrected chi connectivity index (χ1v) is 10.9. The lowest BCUT2D eigenvalue weighted by Crippen LogP contribution is -2.24. The molecule has 1 heterocycles. The molecule has 7 heteroatoms. The Morgan fingerprint density at radius 2 is 1.90 bits per heavy atom. The van der Waals surface area contributed by atoms with Crippen LogP contribution in [0.2, 0.25) is 0 Å². The van der Waals surface area contributed by atoms with Gasteiger partial charge >= 0.3 is 0 Å². The number of amides is 1. The van der Waals surface area contributed by atoms with Gasteiger partial charge in [0, 0.05) is 17.7 Å². The third kappa shape index (κ3) is 4.97. The number of aromatic nitrogens is 3. The summed E-state index contributed by atoms with van der Waals surface area (Å²) in [6.45, 7) is 8.23. The summed E-state index contributed by atoms with van der Waals surface area (Å²) in [5, 5.41) is 11.9. The zero-order chi connectivity index (χ0) is 21.7. The van der Waals surface area contributed by atoms with Crippen molar-refractivity contribution in [3.8, 4) is 11.4 Å². The first-order chi connectivity index (χ1) is 14.4. The van der Waals surface area contributed by atoms with E-state index in [-0.39, 0.29) is 11.7 Å². The van der Waals surface area contributed by atoms with Gasteiger partial charge in [0.05, 0.1) is 10.9 Å². The van der Waals surface area contributed by atoms with Crippen molar-refractivity contribution in [2.45, 2.75) is 51.1 Å². The lowest BCUT2D eigenvalue weighted by molar-refractivity contribution is -0.115. The fourth-order valence-corrected chi connectivity index (χ4v) is 4.02. The summed E-state index contributed by atoms with van der Waals surface area (Å²) in [4.78, 5) is 24.6. The maximum absolute atomic E-state index is 12.8. The summed E-state index contributed by atoms with van der Waals surface area (Å²) < 4.78 is 2.06. The number of anilines is 1. The molecular formula is C23H26N4O2S. The van der Waals surface area contributed by atoms with Gasteiger partial charge in [-0.1, -0.05) is 54.6 Å². The van der Waals surface area contributed by atoms with Crippen LogP contribution >= 0.6 is 11.8 Å². The van der Waals surface area contributed by atoms with Crippen LogP contribution in [0.5, 0.6) is 0 Å². The Balaban J connectivity index is 1.80. The molecule has 0 aliphatic carbocycles. The number of aryl methyl sites for hydroxylation is 1. The molecule has 30 heavy (non-hydrogen) atoms. The van der Waals surface area contributed by atoms with Gasteiger partial charge in [-0.2, -0.15) is 0 Å². The Bertz CT molecular complexity index is 1060. The summed E-state index contributed by atoms with van der Waals surface area (Å²) in [6, 6.07) is 15.2. The van der Waals surface area contributed by atoms with E-state index in [4.69, 9.17) is 0 Å². The molecule has 1 aromatic heterocycles. The normalized spacial score (nSPS) is 11.9. The largest absolute Gasteiger partial charge is 0.324 e. The van der Waals surface area contributed by atoms with Crippen molar-refractivity contribution >= 4 is 29.1 Å². The second-order valence-electron chi connectivity index (χ2n) is 7.18. The predicted octanol–water partition coefficient (Wildman–Crippen LogP) is 4.99. The number of rotatable bonds is 8. The summed E-state index contributed by atoms with van der Waals surface area (Å²) in [5.74, 6) is 0.533. The van der Waals surface area contributed by atoms with Crippen LogP contribution in [0.15, 0.2) is 53.7 Å². The minimum atomic E-state index is -0.407. The van der Waals surface area contributed by atoms with Crippen molar-refractivity contribution in [2.24, 2.45) is 0 Å². The number of ketones is 1. The van der Waals surface area contributed by atoms with Gasteiger partial charge in [0.15, 0.2) is 16.8 Å². The average Bonchev–Trinajstić information content (AvgIpc) is 3.10. The number of nitrogens with one attached hydrogen (secondary N) is 1. The molecule has 2 aromatic carbocycles. The molecular weight excluding hydrogens is 396 g/mol. The summed E-state index contributed by atoms with van der Waals surface area (Å²) in [7, 11) is 0. The van der Waals surface area contributed by atoms with Gasteiger partial charge < -0.3 is 9.88 Å². The highest BCUT2D eigenvalue weighted by Crippen LogP contribution is 2.28. The van der Waals surface area contributed by atoms with Crippen molar-refractivity contribution in [2.75, 3.05) is 5.32 Å². The number of benzene rings is 2. The molecule has 0 fully saturated rings. The van der Waals surface area contributed by atoms with Crippen molar-refractivity contribution < 1.29 is 9.59 Å². The quantitative estimate of drug-likeness (QED) is 0.409. The standard InChI is InChI=1S/C23H26N4O2S/c1-5-13-27-21(18-10-8-9-15(2)14-18)25-26-23(27)30-17(4)22(29)24-20-12-7-6-11-19(20)16(3)28/h6-12,14,17H,5,13H2,1-4H3,(H,24,29)/t17-/m1/s1. The van der Waals surface area contributed by atoms with E-state index < -0.39 is 5.25 Å². The van der Waals surface area contributed by atoms with Crippen LogP contribution in [0.4, 0.5) is 5.69 Å². The highest BCUT2D eigenvalue weighted by atomic mass is 32.2. The van der Waals surface area contributed by atoms with Crippen molar-refractivity contribution in [1.82, 2.24) is 14.8 Å². The number of para-hydroxylation sites is 1. The third-order valence-electron chi connectivity index (χ3n) is 4.66. The zero-order valence-electron chi connectivity index (χ0n) is 17.7. The molecule has 6 nitrogen and oxygen atoms in total. The molecule has 0 radical (unpaired) electrons. The van der Waals surface area contributed by atoms with Crippen LogP contribution in [0, 0.1) is 6.92 Å². The molecule has 0 spiro atoms. The molecule has 1 amide bonds. The maximum Gasteiger partial charge on any atom is 0.237 e. The molecule has 0 unspecified atom stereocenters. The van der Waals surface area contributed by atoms with Crippen molar-refractivity contribution in [3.05, 3.63) is 59.7 Å². The van der Waals surface area contributed by atoms with E-state index in [9.17, 15) is 9.59 Å². The maximum atomic E-state index is 12.8. The highest BCUT2D eigenvalue weighted by molar-refractivity contribution is 8.00. The molecule has 0 saturated heterocycles. The molecule has 3 rings (SSSR count). The molecule has 3 aromatic rings. The van der Waals surface area contributed by atoms with E-state index in [0.717, 1.165) is 29.9 Å². The number of hydrogen-bond acceptors (Lipinski definition) is 5. The Morgan fingerprint density at radius 3 is 2.60 bits per heavy atom. The molecule has 0 bridgehead atoms. The fraction of sp³-hybridized carbons (Fsp3) is 0.304. The SMILES string of the molecule is CCCn1c(S[C@H](C)C(=O)Nc2ccccc2C(C)=O)nnc1-c1cccc(C)c1. The number of hydrogen-bond donors (Lipinski definition) is 1. The van der Waals surface area contributed by atoms with Gasteiger partial charge in [-0.3, -0.25) is 9.59 Å². The Labute approximate surface area is 181 Å². The van der Waals surface area contributed by atoms with Gasteiger partial charge in [-0.05, 0) is 45.4 Å². The lowest BCUT2D eigenvalue weighted by Gasteiger charge is -2.14. The second kappa shape index (κ2) is 9.71. The van der Waals surface area contributed by atoms with E-state index in [1.165, 1.54) is 18.7 Å². The molecule has 1 N–H and O–H groups in total. The van der Waals surface area contributed by atoms with Crippen LogP contribution in [0.1, 0.15) is 43.1 Å². The van der Waals surface area contributed by atoms with Gasteiger partial charge in [-0.15, -0.1) is 10.2 Å². The Hall–Kier alpha value is -2.93. The first kappa shape index (κ1) is 21.8. The second-order valence-corrected chi connectivity index (χ2v) is 8.49. The van der Waals surface area contributed by atoms with Crippen LogP contribution in [-0.2, 0) is 11.3 Å². The number of thioether (sulfide) groups is 1. The molecule has 1 atom stereocenters. The smallest absolute Gasteiger partial charge is 0.237 e. The minimum absolute atomic E-state index is 0.0864. The van der Waals surface area contributed by atoms with Crippen LogP contribution in [0.25, 0.3) is 11.4 Å². The number of carbonyl (C=O) groups is 2. The molecule has 0 aliphatic rings. The Morgan fingerprint density at radius 1 is 1.13 bits per heavy atom. The summed E-state index contributed by atoms with van der Waals surface area (Å²) in [5.41, 5.74) is 3.19. The van der Waals surface area contributed by atoms with Crippen LogP contribution in [0.3, 0.4) is 0 Å². The summed E-state index contributed by atoms with van der Waals surface area (Å²) in [6.07, 6.45) is 0.928. The van der Waals surface area contributed by atoms with Gasteiger partial charge in [0.25, 0.3) is 0 Å². The molecule has 0 aliphatic heterocycles. The van der Waals surface area contributed by atoms with E-state index >= 15 is 0 Å². The van der Waals surface area contributed by atoms with Gasteiger partial charge in [-0.25, -0.2) is 0 Å². The highest BCUT2D eigenvalue weighted by Gasteiger charge is 2.21. The number of carbonyl (C=O) groups excluding carboxylic acids is 2. The van der Waals surface area contributed by atoms with Crippen LogP contribution in [-0.4, -0.2) is 31.7 Å². The van der Waals surface area contributed by atoms with E-state index in [1.54, 1.807) is 24.3 Å². The fourth-order valence-electron chi connectivity index (χ4n) is 3.14. The zero-order valence-corrected chi connectivity index (χ0v) is 18.5. The predicted molar refractivity (Wildman–Crippen MR) is 121 cm³/mol. The van der Waals surface area contributed by atoms with E-state index in [1.807, 2.05) is 32.0 Å². The third-order valence-corrected chi connectivity index (χ3v) is 5.74. The average molecular weight is 423 g/mol. The van der Waals surface area contributed by atoms with E-state index in [2.05, 4.69) is 33.1 Å². The van der Waals surface area contributed by atoms with Crippen molar-refractivity contribution in [1.29, 1.82) is 0 Å². The van der Waals surface area contributed by atoms with Crippen LogP contribution < -0.4 is 5.32 Å². The topological polar surface area (TPSA) is 76.9 Å². The number of Topliss-reactive ketones (excluding diaryl/α,β-unsaturated/α-hetero) is 1. The Kier molecular flexibility index (Phi) is 7.05. The van der Waals surface area contributed by atoms with Crippen molar-refractivity contribution in [3.63, 3.8) is 0 Å². The van der Waals surface area contributed by atoms with E-state index in [0.29, 0.717) is 16.4 Å². The minimum Gasteiger partial charge on any atom is -0.324 e. The number of nitrogens with zero attached hydrogens (tertiary/aromatic N) is 3. The lowest BCUT2D eigenvalue weighted by atomic mass is 10.1. The molecule has 0 saturated carbocycles. The molecule has 156 valence electrons. The summed E-state index contributed by atoms with van der Waals surface area (Å²) >= 11 is 1.36.